The van der Waals surface area contributed by atoms with Gasteiger partial charge in [-0.1, -0.05) is 0 Å². The molecule has 0 aromatic carbocycles. The van der Waals surface area contributed by atoms with Gasteiger partial charge in [0.15, 0.2) is 0 Å². The zero-order chi connectivity index (χ0) is 22.2. The Morgan fingerprint density at radius 1 is 1.16 bits per heavy atom. The monoisotopic (exact) mass is 430 g/mol. The Bertz CT molecular complexity index is 893. The summed E-state index contributed by atoms with van der Waals surface area (Å²) >= 11 is 0. The highest BCUT2D eigenvalue weighted by atomic mass is 16.4. The number of carbonyl (C=O) groups is 3. The van der Waals surface area contributed by atoms with Crippen LogP contribution in [0.5, 0.6) is 0 Å². The molecule has 3 aliphatic heterocycles. The second-order valence-corrected chi connectivity index (χ2v) is 8.86. The summed E-state index contributed by atoms with van der Waals surface area (Å²) in [6, 6.07) is 0. The largest absolute Gasteiger partial charge is 0.480 e. The minimum Gasteiger partial charge on any atom is -0.480 e. The van der Waals surface area contributed by atoms with Crippen molar-refractivity contribution in [1.29, 1.82) is 0 Å². The van der Waals surface area contributed by atoms with E-state index in [1.165, 1.54) is 4.90 Å². The van der Waals surface area contributed by atoms with Crippen molar-refractivity contribution in [1.82, 2.24) is 24.7 Å². The Labute approximate surface area is 181 Å². The zero-order valence-corrected chi connectivity index (χ0v) is 18.2. The van der Waals surface area contributed by atoms with Crippen LogP contribution < -0.4 is 4.90 Å². The van der Waals surface area contributed by atoms with Crippen LogP contribution >= 0.6 is 0 Å². The number of piperazine rings is 1. The maximum Gasteiger partial charge on any atom is 0.323 e. The third kappa shape index (κ3) is 4.34. The molecular weight excluding hydrogens is 400 g/mol. The van der Waals surface area contributed by atoms with Gasteiger partial charge in [0.1, 0.15) is 6.54 Å². The van der Waals surface area contributed by atoms with Gasteiger partial charge in [0.2, 0.25) is 17.8 Å². The van der Waals surface area contributed by atoms with Gasteiger partial charge in [-0.25, -0.2) is 9.97 Å². The Morgan fingerprint density at radius 2 is 1.97 bits per heavy atom. The zero-order valence-electron chi connectivity index (χ0n) is 18.2. The number of fused-ring (bicyclic) bond motifs is 1. The molecule has 2 saturated heterocycles. The smallest absolute Gasteiger partial charge is 0.323 e. The van der Waals surface area contributed by atoms with E-state index >= 15 is 0 Å². The molecule has 1 aromatic rings. The fourth-order valence-corrected chi connectivity index (χ4v) is 4.92. The summed E-state index contributed by atoms with van der Waals surface area (Å²) in [5.74, 6) is -0.311. The molecule has 10 nitrogen and oxygen atoms in total. The number of rotatable bonds is 3. The standard InChI is InChI=1S/C21H30N6O4/c1-15(28)25-7-4-17-16(12-25)11-22-20(23-17)27-10-9-24(2)21(14-27)5-3-18(29)26(8-6-21)13-19(30)31/h11H,3-10,12-14H2,1-2H3,(H,30,31). The summed E-state index contributed by atoms with van der Waals surface area (Å²) in [5, 5.41) is 9.11. The number of carbonyl (C=O) groups excluding carboxylic acids is 2. The number of hydrogen-bond donors (Lipinski definition) is 1. The molecule has 1 aromatic heterocycles. The third-order valence-electron chi connectivity index (χ3n) is 6.98. The molecule has 168 valence electrons. The van der Waals surface area contributed by atoms with E-state index in [1.54, 1.807) is 6.92 Å². The highest BCUT2D eigenvalue weighted by Gasteiger charge is 2.43. The number of nitrogens with zero attached hydrogens (tertiary/aromatic N) is 6. The van der Waals surface area contributed by atoms with E-state index < -0.39 is 5.97 Å². The van der Waals surface area contributed by atoms with Crippen LogP contribution in [0.25, 0.3) is 0 Å². The van der Waals surface area contributed by atoms with Crippen molar-refractivity contribution in [3.63, 3.8) is 0 Å². The fourth-order valence-electron chi connectivity index (χ4n) is 4.92. The molecule has 2 fully saturated rings. The molecule has 10 heteroatoms. The average Bonchev–Trinajstić information content (AvgIpc) is 2.89. The van der Waals surface area contributed by atoms with Crippen molar-refractivity contribution in [2.24, 2.45) is 0 Å². The number of hydrogen-bond acceptors (Lipinski definition) is 7. The summed E-state index contributed by atoms with van der Waals surface area (Å²) < 4.78 is 0. The van der Waals surface area contributed by atoms with Gasteiger partial charge in [-0.2, -0.15) is 0 Å². The van der Waals surface area contributed by atoms with Crippen LogP contribution in [0.15, 0.2) is 6.20 Å². The lowest BCUT2D eigenvalue weighted by atomic mass is 9.86. The number of aromatic nitrogens is 2. The molecule has 0 radical (unpaired) electrons. The SMILES string of the molecule is CC(=O)N1CCc2nc(N3CCN(C)C4(CCC(=O)N(CC(=O)O)CC4)C3)ncc2C1. The highest BCUT2D eigenvalue weighted by molar-refractivity contribution is 5.81. The number of likely N-dealkylation sites (N-methyl/N-ethyl adjacent to an activating group) is 1. The number of carboxylic acids is 1. The molecule has 4 rings (SSSR count). The van der Waals surface area contributed by atoms with E-state index in [0.29, 0.717) is 45.0 Å². The first kappa shape index (κ1) is 21.5. The molecule has 0 aliphatic carbocycles. The van der Waals surface area contributed by atoms with Gasteiger partial charge in [0, 0.05) is 76.3 Å². The Hall–Kier alpha value is -2.75. The molecular formula is C21H30N6O4. The van der Waals surface area contributed by atoms with Crippen LogP contribution in [0, 0.1) is 0 Å². The average molecular weight is 431 g/mol. The summed E-state index contributed by atoms with van der Waals surface area (Å²) in [6.45, 7) is 5.33. The van der Waals surface area contributed by atoms with Crippen LogP contribution in [-0.4, -0.2) is 99.4 Å². The summed E-state index contributed by atoms with van der Waals surface area (Å²) in [4.78, 5) is 52.4. The highest BCUT2D eigenvalue weighted by Crippen LogP contribution is 2.33. The molecule has 4 heterocycles. The Kier molecular flexibility index (Phi) is 5.83. The van der Waals surface area contributed by atoms with Crippen molar-refractivity contribution in [3.8, 4) is 0 Å². The van der Waals surface area contributed by atoms with Crippen molar-refractivity contribution in [2.75, 3.05) is 51.2 Å². The minimum atomic E-state index is -0.978. The summed E-state index contributed by atoms with van der Waals surface area (Å²) in [6.07, 6.45) is 4.31. The maximum atomic E-state index is 12.4. The lowest BCUT2D eigenvalue weighted by molar-refractivity contribution is -0.144. The van der Waals surface area contributed by atoms with E-state index in [1.807, 2.05) is 11.1 Å². The second-order valence-electron chi connectivity index (χ2n) is 8.86. The van der Waals surface area contributed by atoms with E-state index in [2.05, 4.69) is 21.8 Å². The van der Waals surface area contributed by atoms with Gasteiger partial charge in [-0.3, -0.25) is 19.3 Å². The molecule has 31 heavy (non-hydrogen) atoms. The quantitative estimate of drug-likeness (QED) is 0.712. The topological polar surface area (TPSA) is 110 Å². The van der Waals surface area contributed by atoms with E-state index in [0.717, 1.165) is 37.2 Å². The lowest BCUT2D eigenvalue weighted by Crippen LogP contribution is -2.61. The second kappa shape index (κ2) is 8.41. The predicted molar refractivity (Wildman–Crippen MR) is 112 cm³/mol. The van der Waals surface area contributed by atoms with Crippen LogP contribution in [-0.2, 0) is 27.3 Å². The number of carboxylic acid groups (broad SMARTS) is 1. The van der Waals surface area contributed by atoms with Gasteiger partial charge in [-0.15, -0.1) is 0 Å². The number of likely N-dealkylation sites (tertiary alicyclic amines) is 1. The Balaban J connectivity index is 1.51. The first-order chi connectivity index (χ1) is 14.8. The normalized spacial score (nSPS) is 24.8. The van der Waals surface area contributed by atoms with Gasteiger partial charge in [-0.05, 0) is 19.9 Å². The van der Waals surface area contributed by atoms with Gasteiger partial charge in [0.25, 0.3) is 0 Å². The minimum absolute atomic E-state index is 0.0654. The molecule has 3 aliphatic rings. The van der Waals surface area contributed by atoms with Crippen LogP contribution in [0.2, 0.25) is 0 Å². The lowest BCUT2D eigenvalue weighted by Gasteiger charge is -2.49. The summed E-state index contributed by atoms with van der Waals surface area (Å²) in [7, 11) is 2.08. The Morgan fingerprint density at radius 3 is 2.71 bits per heavy atom. The molecule has 1 unspecified atom stereocenters. The van der Waals surface area contributed by atoms with Crippen LogP contribution in [0.1, 0.15) is 37.4 Å². The molecule has 1 atom stereocenters. The molecule has 1 spiro atoms. The molecule has 2 amide bonds. The fraction of sp³-hybridized carbons (Fsp3) is 0.667. The first-order valence-electron chi connectivity index (χ1n) is 10.8. The molecule has 0 saturated carbocycles. The van der Waals surface area contributed by atoms with E-state index in [9.17, 15) is 14.4 Å². The van der Waals surface area contributed by atoms with E-state index in [4.69, 9.17) is 10.1 Å². The van der Waals surface area contributed by atoms with Crippen LogP contribution in [0.3, 0.4) is 0 Å². The number of anilines is 1. The van der Waals surface area contributed by atoms with Gasteiger partial charge >= 0.3 is 5.97 Å². The van der Waals surface area contributed by atoms with Gasteiger partial charge in [0.05, 0.1) is 5.69 Å². The predicted octanol–water partition coefficient (Wildman–Crippen LogP) is -0.0311. The molecule has 0 bridgehead atoms. The molecule has 1 N–H and O–H groups in total. The summed E-state index contributed by atoms with van der Waals surface area (Å²) in [5.41, 5.74) is 1.78. The van der Waals surface area contributed by atoms with E-state index in [-0.39, 0.29) is 23.9 Å². The number of amides is 2. The maximum absolute atomic E-state index is 12.4. The van der Waals surface area contributed by atoms with Gasteiger partial charge < -0.3 is 19.8 Å². The van der Waals surface area contributed by atoms with Crippen molar-refractivity contribution in [2.45, 2.75) is 44.7 Å². The first-order valence-corrected chi connectivity index (χ1v) is 10.8. The van der Waals surface area contributed by atoms with Crippen LogP contribution in [0.4, 0.5) is 5.95 Å². The van der Waals surface area contributed by atoms with Crippen molar-refractivity contribution >= 4 is 23.7 Å². The van der Waals surface area contributed by atoms with Crippen molar-refractivity contribution < 1.29 is 19.5 Å². The van der Waals surface area contributed by atoms with Crippen molar-refractivity contribution in [3.05, 3.63) is 17.5 Å². The number of aliphatic carboxylic acids is 1. The third-order valence-corrected chi connectivity index (χ3v) is 6.98.